The summed E-state index contributed by atoms with van der Waals surface area (Å²) >= 11 is 0. The predicted octanol–water partition coefficient (Wildman–Crippen LogP) is 0.430. The van der Waals surface area contributed by atoms with Crippen LogP contribution in [0.4, 0.5) is 10.2 Å². The van der Waals surface area contributed by atoms with E-state index >= 15 is 0 Å². The zero-order valence-corrected chi connectivity index (χ0v) is 6.12. The molecule has 1 aromatic heterocycles. The van der Waals surface area contributed by atoms with E-state index in [1.807, 2.05) is 0 Å². The van der Waals surface area contributed by atoms with Gasteiger partial charge in [-0.3, -0.25) is 4.79 Å². The van der Waals surface area contributed by atoms with Crippen LogP contribution >= 0.6 is 0 Å². The molecule has 64 valence electrons. The molecule has 0 aliphatic heterocycles. The van der Waals surface area contributed by atoms with Crippen LogP contribution in [-0.4, -0.2) is 16.1 Å². The number of anilines is 1. The van der Waals surface area contributed by atoms with Crippen LogP contribution in [0.5, 0.6) is 0 Å². The normalized spacial score (nSPS) is 9.75. The van der Waals surface area contributed by atoms with Gasteiger partial charge in [0.05, 0.1) is 6.42 Å². The van der Waals surface area contributed by atoms with Gasteiger partial charge >= 0.3 is 5.97 Å². The highest BCUT2D eigenvalue weighted by molar-refractivity contribution is 5.70. The number of aliphatic carboxylic acids is 1. The molecule has 0 spiro atoms. The molecule has 12 heavy (non-hydrogen) atoms. The van der Waals surface area contributed by atoms with Gasteiger partial charge in [0.2, 0.25) is 0 Å². The highest BCUT2D eigenvalue weighted by Crippen LogP contribution is 2.11. The smallest absolute Gasteiger partial charge is 0.307 e. The van der Waals surface area contributed by atoms with Crippen LogP contribution in [0.1, 0.15) is 5.56 Å². The highest BCUT2D eigenvalue weighted by Gasteiger charge is 2.09. The molecule has 0 aliphatic carbocycles. The van der Waals surface area contributed by atoms with Gasteiger partial charge in [-0.25, -0.2) is 9.37 Å². The number of nitrogens with zero attached hydrogens (tertiary/aromatic N) is 1. The molecule has 0 unspecified atom stereocenters. The maximum atomic E-state index is 12.9. The lowest BCUT2D eigenvalue weighted by Gasteiger charge is -2.00. The topological polar surface area (TPSA) is 76.2 Å². The Labute approximate surface area is 67.8 Å². The summed E-state index contributed by atoms with van der Waals surface area (Å²) in [5.41, 5.74) is 5.17. The summed E-state index contributed by atoms with van der Waals surface area (Å²) in [6.07, 6.45) is 0.898. The summed E-state index contributed by atoms with van der Waals surface area (Å²) in [7, 11) is 0. The lowest BCUT2D eigenvalue weighted by molar-refractivity contribution is -0.136. The van der Waals surface area contributed by atoms with Crippen molar-refractivity contribution in [2.45, 2.75) is 6.42 Å². The minimum absolute atomic E-state index is 0.0509. The van der Waals surface area contributed by atoms with Crippen LogP contribution in [-0.2, 0) is 11.2 Å². The number of carboxylic acids is 1. The first-order valence-corrected chi connectivity index (χ1v) is 3.22. The molecular formula is C7H7FN2O2. The molecule has 3 N–H and O–H groups in total. The molecule has 0 radical (unpaired) electrons. The van der Waals surface area contributed by atoms with E-state index in [1.165, 1.54) is 12.3 Å². The van der Waals surface area contributed by atoms with Crippen LogP contribution in [0, 0.1) is 5.82 Å². The number of hydrogen-bond donors (Lipinski definition) is 2. The number of nitrogens with two attached hydrogens (primary N) is 1. The van der Waals surface area contributed by atoms with Crippen molar-refractivity contribution in [2.75, 3.05) is 5.73 Å². The first kappa shape index (κ1) is 8.45. The second kappa shape index (κ2) is 3.17. The third kappa shape index (κ3) is 1.69. The molecule has 0 aliphatic rings. The molecular weight excluding hydrogens is 163 g/mol. The van der Waals surface area contributed by atoms with Gasteiger partial charge in [-0.2, -0.15) is 0 Å². The van der Waals surface area contributed by atoms with Gasteiger partial charge in [-0.15, -0.1) is 0 Å². The Balaban J connectivity index is 3.00. The van der Waals surface area contributed by atoms with Crippen LogP contribution in [0.15, 0.2) is 12.3 Å². The number of hydrogen-bond acceptors (Lipinski definition) is 3. The quantitative estimate of drug-likeness (QED) is 0.674. The molecule has 0 aromatic carbocycles. The standard InChI is InChI=1S/C7H7FN2O2/c8-6-4(3-5(11)12)1-2-10-7(6)9/h1-2H,3H2,(H2,9,10)(H,11,12). The number of pyridine rings is 1. The minimum atomic E-state index is -1.10. The van der Waals surface area contributed by atoms with Gasteiger partial charge in [0, 0.05) is 11.8 Å². The second-order valence-corrected chi connectivity index (χ2v) is 2.24. The van der Waals surface area contributed by atoms with Crippen LogP contribution in [0.3, 0.4) is 0 Å². The molecule has 0 bridgehead atoms. The molecule has 0 saturated carbocycles. The van der Waals surface area contributed by atoms with Crippen molar-refractivity contribution in [3.05, 3.63) is 23.6 Å². The molecule has 0 fully saturated rings. The summed E-state index contributed by atoms with van der Waals surface area (Å²) in [4.78, 5) is 13.7. The zero-order valence-electron chi connectivity index (χ0n) is 6.12. The van der Waals surface area contributed by atoms with E-state index in [0.29, 0.717) is 0 Å². The lowest BCUT2D eigenvalue weighted by Crippen LogP contribution is -2.05. The fraction of sp³-hybridized carbons (Fsp3) is 0.143. The van der Waals surface area contributed by atoms with Gasteiger partial charge < -0.3 is 10.8 Å². The van der Waals surface area contributed by atoms with Crippen LogP contribution in [0.25, 0.3) is 0 Å². The maximum absolute atomic E-state index is 12.9. The third-order valence-corrected chi connectivity index (χ3v) is 1.34. The largest absolute Gasteiger partial charge is 0.481 e. The van der Waals surface area contributed by atoms with Gasteiger partial charge in [0.15, 0.2) is 11.6 Å². The number of rotatable bonds is 2. The zero-order chi connectivity index (χ0) is 9.14. The summed E-state index contributed by atoms with van der Waals surface area (Å²) in [5.74, 6) is -2.12. The molecule has 0 atom stereocenters. The van der Waals surface area contributed by atoms with E-state index in [0.717, 1.165) is 0 Å². The third-order valence-electron chi connectivity index (χ3n) is 1.34. The van der Waals surface area contributed by atoms with E-state index in [9.17, 15) is 9.18 Å². The van der Waals surface area contributed by atoms with Crippen molar-refractivity contribution in [3.8, 4) is 0 Å². The average Bonchev–Trinajstić information content (AvgIpc) is 1.98. The van der Waals surface area contributed by atoms with Crippen molar-refractivity contribution < 1.29 is 14.3 Å². The first-order chi connectivity index (χ1) is 5.61. The fourth-order valence-corrected chi connectivity index (χ4v) is 0.801. The van der Waals surface area contributed by atoms with Crippen LogP contribution < -0.4 is 5.73 Å². The Morgan fingerprint density at radius 1 is 1.75 bits per heavy atom. The monoisotopic (exact) mass is 170 g/mol. The highest BCUT2D eigenvalue weighted by atomic mass is 19.1. The van der Waals surface area contributed by atoms with E-state index in [1.54, 1.807) is 0 Å². The Bertz CT molecular complexity index is 314. The van der Waals surface area contributed by atoms with E-state index in [2.05, 4.69) is 4.98 Å². The second-order valence-electron chi connectivity index (χ2n) is 2.24. The van der Waals surface area contributed by atoms with E-state index < -0.39 is 11.8 Å². The maximum Gasteiger partial charge on any atom is 0.307 e. The van der Waals surface area contributed by atoms with Crippen molar-refractivity contribution >= 4 is 11.8 Å². The summed E-state index contributed by atoms with van der Waals surface area (Å²) < 4.78 is 12.9. The van der Waals surface area contributed by atoms with Gasteiger partial charge in [0.1, 0.15) is 0 Å². The molecule has 1 heterocycles. The number of aromatic nitrogens is 1. The van der Waals surface area contributed by atoms with E-state index in [4.69, 9.17) is 10.8 Å². The summed E-state index contributed by atoms with van der Waals surface area (Å²) in [6.45, 7) is 0. The van der Waals surface area contributed by atoms with Crippen LogP contribution in [0.2, 0.25) is 0 Å². The molecule has 1 rings (SSSR count). The van der Waals surface area contributed by atoms with Gasteiger partial charge in [-0.05, 0) is 6.07 Å². The average molecular weight is 170 g/mol. The van der Waals surface area contributed by atoms with Crippen molar-refractivity contribution in [3.63, 3.8) is 0 Å². The fourth-order valence-electron chi connectivity index (χ4n) is 0.801. The number of carbonyl (C=O) groups is 1. The Morgan fingerprint density at radius 3 is 3.00 bits per heavy atom. The Kier molecular flexibility index (Phi) is 2.23. The number of carboxylic acid groups (broad SMARTS) is 1. The Morgan fingerprint density at radius 2 is 2.42 bits per heavy atom. The molecule has 5 heteroatoms. The summed E-state index contributed by atoms with van der Waals surface area (Å²) in [5, 5.41) is 8.35. The van der Waals surface area contributed by atoms with E-state index in [-0.39, 0.29) is 17.8 Å². The molecule has 0 saturated heterocycles. The molecule has 4 nitrogen and oxygen atoms in total. The van der Waals surface area contributed by atoms with Gasteiger partial charge in [-0.1, -0.05) is 0 Å². The Hall–Kier alpha value is -1.65. The molecule has 1 aromatic rings. The van der Waals surface area contributed by atoms with Crippen molar-refractivity contribution in [1.82, 2.24) is 4.98 Å². The number of nitrogen functional groups attached to an aromatic ring is 1. The SMILES string of the molecule is Nc1nccc(CC(=O)O)c1F. The number of halogens is 1. The lowest BCUT2D eigenvalue weighted by atomic mass is 10.2. The molecule has 0 amide bonds. The predicted molar refractivity (Wildman–Crippen MR) is 39.9 cm³/mol. The first-order valence-electron chi connectivity index (χ1n) is 3.22. The van der Waals surface area contributed by atoms with Crippen molar-refractivity contribution in [1.29, 1.82) is 0 Å². The summed E-state index contributed by atoms with van der Waals surface area (Å²) in [6, 6.07) is 1.29. The van der Waals surface area contributed by atoms with Gasteiger partial charge in [0.25, 0.3) is 0 Å². The van der Waals surface area contributed by atoms with Crippen molar-refractivity contribution in [2.24, 2.45) is 0 Å². The minimum Gasteiger partial charge on any atom is -0.481 e.